The maximum atomic E-state index is 11.5. The number of amides is 1. The van der Waals surface area contributed by atoms with Crippen molar-refractivity contribution in [1.29, 1.82) is 5.26 Å². The number of nitriles is 1. The van der Waals surface area contributed by atoms with E-state index in [0.717, 1.165) is 5.69 Å². The summed E-state index contributed by atoms with van der Waals surface area (Å²) in [6.07, 6.45) is 1.62. The summed E-state index contributed by atoms with van der Waals surface area (Å²) in [4.78, 5) is 17.2. The van der Waals surface area contributed by atoms with E-state index < -0.39 is 0 Å². The van der Waals surface area contributed by atoms with E-state index in [1.165, 1.54) is 0 Å². The van der Waals surface area contributed by atoms with Crippen molar-refractivity contribution < 1.29 is 4.79 Å². The minimum atomic E-state index is -0.148. The smallest absolute Gasteiger partial charge is 0.237 e. The van der Waals surface area contributed by atoms with Gasteiger partial charge < -0.3 is 4.90 Å². The van der Waals surface area contributed by atoms with Gasteiger partial charge in [0.05, 0.1) is 18.3 Å². The third-order valence-electron chi connectivity index (χ3n) is 2.04. The van der Waals surface area contributed by atoms with Crippen LogP contribution in [0.4, 0.5) is 0 Å². The van der Waals surface area contributed by atoms with Gasteiger partial charge in [0.15, 0.2) is 0 Å². The van der Waals surface area contributed by atoms with E-state index in [9.17, 15) is 4.79 Å². The number of hydrogen-bond donors (Lipinski definition) is 0. The van der Waals surface area contributed by atoms with Gasteiger partial charge in [-0.25, -0.2) is 0 Å². The summed E-state index contributed by atoms with van der Waals surface area (Å²) in [7, 11) is 0. The Bertz CT molecular complexity index is 356. The highest BCUT2D eigenvalue weighted by Gasteiger charge is 2.11. The van der Waals surface area contributed by atoms with Crippen molar-refractivity contribution in [3.8, 4) is 6.07 Å². The average Bonchev–Trinajstić information content (AvgIpc) is 2.27. The molecule has 0 aliphatic rings. The molecule has 0 saturated heterocycles. The molecule has 1 aromatic heterocycles. The Morgan fingerprint density at radius 3 is 2.93 bits per heavy atom. The molecular formula is C11H13N3O. The minimum Gasteiger partial charge on any atom is -0.336 e. The highest BCUT2D eigenvalue weighted by atomic mass is 16.2. The van der Waals surface area contributed by atoms with Crippen LogP contribution in [0.3, 0.4) is 0 Å². The monoisotopic (exact) mass is 203 g/mol. The molecule has 0 bridgehead atoms. The Morgan fingerprint density at radius 2 is 2.40 bits per heavy atom. The SMILES string of the molecule is CCN(Cc1ccccn1)C(=O)CC#N. The van der Waals surface area contributed by atoms with E-state index in [2.05, 4.69) is 4.98 Å². The zero-order valence-electron chi connectivity index (χ0n) is 8.68. The van der Waals surface area contributed by atoms with E-state index in [4.69, 9.17) is 5.26 Å². The molecule has 0 radical (unpaired) electrons. The summed E-state index contributed by atoms with van der Waals surface area (Å²) >= 11 is 0. The van der Waals surface area contributed by atoms with Crippen LogP contribution in [0.5, 0.6) is 0 Å². The van der Waals surface area contributed by atoms with E-state index in [1.54, 1.807) is 11.1 Å². The van der Waals surface area contributed by atoms with Gasteiger partial charge in [-0.1, -0.05) is 6.07 Å². The number of aromatic nitrogens is 1. The van der Waals surface area contributed by atoms with Gasteiger partial charge >= 0.3 is 0 Å². The predicted octanol–water partition coefficient (Wildman–Crippen LogP) is 1.34. The van der Waals surface area contributed by atoms with Crippen LogP contribution in [0.25, 0.3) is 0 Å². The van der Waals surface area contributed by atoms with Crippen LogP contribution >= 0.6 is 0 Å². The van der Waals surface area contributed by atoms with Gasteiger partial charge in [0, 0.05) is 12.7 Å². The molecule has 0 saturated carbocycles. The van der Waals surface area contributed by atoms with E-state index in [1.807, 2.05) is 31.2 Å². The standard InChI is InChI=1S/C11H13N3O/c1-2-14(11(15)6-7-12)9-10-5-3-4-8-13-10/h3-5,8H,2,6,9H2,1H3. The molecule has 0 aliphatic heterocycles. The zero-order valence-corrected chi connectivity index (χ0v) is 8.68. The summed E-state index contributed by atoms with van der Waals surface area (Å²) in [6, 6.07) is 7.43. The lowest BCUT2D eigenvalue weighted by Crippen LogP contribution is -2.30. The van der Waals surface area contributed by atoms with Crippen LogP contribution in [0.15, 0.2) is 24.4 Å². The van der Waals surface area contributed by atoms with Gasteiger partial charge in [0.2, 0.25) is 5.91 Å². The molecule has 4 heteroatoms. The topological polar surface area (TPSA) is 57.0 Å². The average molecular weight is 203 g/mol. The summed E-state index contributed by atoms with van der Waals surface area (Å²) < 4.78 is 0. The first kappa shape index (κ1) is 11.2. The highest BCUT2D eigenvalue weighted by Crippen LogP contribution is 2.02. The van der Waals surface area contributed by atoms with Crippen LogP contribution < -0.4 is 0 Å². The quantitative estimate of drug-likeness (QED) is 0.742. The summed E-state index contributed by atoms with van der Waals surface area (Å²) in [5.41, 5.74) is 0.839. The largest absolute Gasteiger partial charge is 0.336 e. The predicted molar refractivity (Wildman–Crippen MR) is 55.6 cm³/mol. The Balaban J connectivity index is 2.62. The second-order valence-corrected chi connectivity index (χ2v) is 3.06. The van der Waals surface area contributed by atoms with Crippen LogP contribution in [-0.2, 0) is 11.3 Å². The van der Waals surface area contributed by atoms with Gasteiger partial charge in [0.1, 0.15) is 6.42 Å². The molecule has 1 aromatic rings. The Labute approximate surface area is 89.2 Å². The number of carbonyl (C=O) groups is 1. The molecular weight excluding hydrogens is 190 g/mol. The lowest BCUT2D eigenvalue weighted by atomic mass is 10.3. The maximum Gasteiger partial charge on any atom is 0.237 e. The maximum absolute atomic E-state index is 11.5. The fraction of sp³-hybridized carbons (Fsp3) is 0.364. The van der Waals surface area contributed by atoms with Crippen LogP contribution in [0.2, 0.25) is 0 Å². The second kappa shape index (κ2) is 5.76. The third-order valence-corrected chi connectivity index (χ3v) is 2.04. The number of hydrogen-bond acceptors (Lipinski definition) is 3. The molecule has 15 heavy (non-hydrogen) atoms. The van der Waals surface area contributed by atoms with Crippen molar-refractivity contribution in [2.75, 3.05) is 6.54 Å². The van der Waals surface area contributed by atoms with E-state index >= 15 is 0 Å². The first-order valence-corrected chi connectivity index (χ1v) is 4.82. The molecule has 0 aromatic carbocycles. The van der Waals surface area contributed by atoms with Crippen molar-refractivity contribution in [1.82, 2.24) is 9.88 Å². The van der Waals surface area contributed by atoms with Crippen molar-refractivity contribution >= 4 is 5.91 Å². The number of pyridine rings is 1. The number of nitrogens with zero attached hydrogens (tertiary/aromatic N) is 3. The van der Waals surface area contributed by atoms with Crippen molar-refractivity contribution in [2.45, 2.75) is 19.9 Å². The molecule has 0 fully saturated rings. The van der Waals surface area contributed by atoms with Gasteiger partial charge in [-0.05, 0) is 19.1 Å². The lowest BCUT2D eigenvalue weighted by Gasteiger charge is -2.18. The summed E-state index contributed by atoms with van der Waals surface area (Å²) in [5, 5.41) is 8.43. The molecule has 1 heterocycles. The second-order valence-electron chi connectivity index (χ2n) is 3.06. The first-order chi connectivity index (χ1) is 7.27. The molecule has 1 amide bonds. The van der Waals surface area contributed by atoms with Crippen LogP contribution in [-0.4, -0.2) is 22.3 Å². The summed E-state index contributed by atoms with van der Waals surface area (Å²) in [6.45, 7) is 2.95. The fourth-order valence-corrected chi connectivity index (χ4v) is 1.24. The van der Waals surface area contributed by atoms with Gasteiger partial charge in [-0.2, -0.15) is 5.26 Å². The van der Waals surface area contributed by atoms with Crippen molar-refractivity contribution in [3.63, 3.8) is 0 Å². The lowest BCUT2D eigenvalue weighted by molar-refractivity contribution is -0.130. The minimum absolute atomic E-state index is 0.0688. The normalized spacial score (nSPS) is 9.33. The molecule has 0 aliphatic carbocycles. The van der Waals surface area contributed by atoms with Crippen molar-refractivity contribution in [3.05, 3.63) is 30.1 Å². The van der Waals surface area contributed by atoms with Crippen molar-refractivity contribution in [2.24, 2.45) is 0 Å². The van der Waals surface area contributed by atoms with Gasteiger partial charge in [-0.3, -0.25) is 9.78 Å². The Morgan fingerprint density at radius 1 is 1.60 bits per heavy atom. The molecule has 0 spiro atoms. The molecule has 0 unspecified atom stereocenters. The first-order valence-electron chi connectivity index (χ1n) is 4.82. The van der Waals surface area contributed by atoms with Crippen LogP contribution in [0.1, 0.15) is 19.0 Å². The van der Waals surface area contributed by atoms with E-state index in [0.29, 0.717) is 13.1 Å². The summed E-state index contributed by atoms with van der Waals surface area (Å²) in [5.74, 6) is -0.148. The molecule has 78 valence electrons. The van der Waals surface area contributed by atoms with Gasteiger partial charge in [0.25, 0.3) is 0 Å². The number of rotatable bonds is 4. The van der Waals surface area contributed by atoms with E-state index in [-0.39, 0.29) is 12.3 Å². The zero-order chi connectivity index (χ0) is 11.1. The highest BCUT2D eigenvalue weighted by molar-refractivity contribution is 5.78. The third kappa shape index (κ3) is 3.39. The number of carbonyl (C=O) groups excluding carboxylic acids is 1. The fourth-order valence-electron chi connectivity index (χ4n) is 1.24. The molecule has 1 rings (SSSR count). The Hall–Kier alpha value is -1.89. The van der Waals surface area contributed by atoms with Crippen LogP contribution in [0, 0.1) is 11.3 Å². The Kier molecular flexibility index (Phi) is 4.30. The molecule has 0 N–H and O–H groups in total. The molecule has 0 atom stereocenters. The molecule has 4 nitrogen and oxygen atoms in total. The van der Waals surface area contributed by atoms with Gasteiger partial charge in [-0.15, -0.1) is 0 Å².